The largest absolute Gasteiger partial charge is 0.756 e. The summed E-state index contributed by atoms with van der Waals surface area (Å²) in [5.74, 6) is 0.535. The molecule has 0 bridgehead atoms. The van der Waals surface area contributed by atoms with Crippen LogP contribution >= 0.6 is 7.82 Å². The van der Waals surface area contributed by atoms with Crippen LogP contribution in [0.1, 0.15) is 134 Å². The molecule has 1 aliphatic rings. The topological polar surface area (TPSA) is 122 Å². The fourth-order valence-electron chi connectivity index (χ4n) is 5.91. The van der Waals surface area contributed by atoms with Crippen molar-refractivity contribution in [2.24, 2.45) is 5.92 Å². The highest BCUT2D eigenvalue weighted by atomic mass is 31.2. The summed E-state index contributed by atoms with van der Waals surface area (Å²) in [5, 5.41) is 0. The monoisotopic (exact) mass is 601 g/mol. The molecule has 242 valence electrons. The van der Waals surface area contributed by atoms with Crippen molar-refractivity contribution in [2.75, 3.05) is 33.4 Å². The lowest BCUT2D eigenvalue weighted by atomic mass is 9.92. The minimum Gasteiger partial charge on any atom is -0.756 e. The average molecular weight is 602 g/mol. The predicted octanol–water partition coefficient (Wildman–Crippen LogP) is 7.55. The lowest BCUT2D eigenvalue weighted by Gasteiger charge is -2.41. The number of hydrogen-bond donors (Lipinski definition) is 0. The molecule has 1 aromatic rings. The van der Waals surface area contributed by atoms with Gasteiger partial charge in [0.15, 0.2) is 0 Å². The molecule has 41 heavy (non-hydrogen) atoms. The first-order valence-corrected chi connectivity index (χ1v) is 17.9. The molecule has 0 amide bonds. The first-order valence-electron chi connectivity index (χ1n) is 16.4. The average Bonchev–Trinajstić information content (AvgIpc) is 2.92. The van der Waals surface area contributed by atoms with Crippen molar-refractivity contribution in [2.45, 2.75) is 135 Å². The van der Waals surface area contributed by atoms with Crippen LogP contribution in [0.25, 0.3) is 0 Å². The van der Waals surface area contributed by atoms with E-state index in [-0.39, 0.29) is 24.2 Å². The molecule has 1 aromatic carbocycles. The van der Waals surface area contributed by atoms with E-state index in [9.17, 15) is 9.46 Å². The molecule has 1 saturated heterocycles. The summed E-state index contributed by atoms with van der Waals surface area (Å²) in [6, 6.07) is 10.7. The SMILES string of the molecule is CCCCCCCCCCCCCCCCCCOP(=O)([O-])OCCC1CC[N+](C)(Cc2ccccc2)CC1.O.O. The molecule has 0 spiro atoms. The Balaban J connectivity index is 0.00000800. The summed E-state index contributed by atoms with van der Waals surface area (Å²) in [6.45, 7) is 6.09. The standard InChI is InChI=1S/C33H60NO4P.2H2O/c1-3-4-5-6-7-8-9-10-11-12-13-14-15-16-17-21-29-37-39(35,36)38-30-26-32-24-27-34(2,28-25-32)31-33-22-19-18-20-23-33;;/h18-20,22-23,32H,3-17,21,24-31H2,1-2H3;2*1H2. The van der Waals surface area contributed by atoms with Crippen molar-refractivity contribution >= 4 is 7.82 Å². The van der Waals surface area contributed by atoms with Gasteiger partial charge in [0.2, 0.25) is 0 Å². The van der Waals surface area contributed by atoms with E-state index in [0.29, 0.717) is 5.92 Å². The number of benzene rings is 1. The molecule has 1 aliphatic heterocycles. The Hall–Kier alpha value is -0.790. The zero-order valence-electron chi connectivity index (χ0n) is 26.5. The molecule has 2 rings (SSSR count). The molecule has 1 unspecified atom stereocenters. The highest BCUT2D eigenvalue weighted by Gasteiger charge is 2.30. The fraction of sp³-hybridized carbons (Fsp3) is 0.818. The maximum absolute atomic E-state index is 12.1. The second-order valence-corrected chi connectivity index (χ2v) is 13.8. The molecule has 8 heteroatoms. The first-order chi connectivity index (χ1) is 18.9. The molecular weight excluding hydrogens is 537 g/mol. The van der Waals surface area contributed by atoms with Crippen molar-refractivity contribution in [3.05, 3.63) is 35.9 Å². The van der Waals surface area contributed by atoms with Crippen LogP contribution in [0.3, 0.4) is 0 Å². The Morgan fingerprint density at radius 2 is 1.17 bits per heavy atom. The third-order valence-corrected chi connectivity index (χ3v) is 9.58. The van der Waals surface area contributed by atoms with E-state index in [1.54, 1.807) is 0 Å². The molecule has 1 heterocycles. The van der Waals surface area contributed by atoms with Gasteiger partial charge in [0.25, 0.3) is 7.82 Å². The van der Waals surface area contributed by atoms with E-state index in [1.165, 1.54) is 89.0 Å². The van der Waals surface area contributed by atoms with Gasteiger partial charge in [0.05, 0.1) is 33.4 Å². The number of hydrogen-bond acceptors (Lipinski definition) is 4. The first kappa shape index (κ1) is 40.2. The highest BCUT2D eigenvalue weighted by Crippen LogP contribution is 2.39. The highest BCUT2D eigenvalue weighted by molar-refractivity contribution is 7.45. The van der Waals surface area contributed by atoms with E-state index >= 15 is 0 Å². The maximum atomic E-state index is 12.1. The number of piperidine rings is 1. The van der Waals surface area contributed by atoms with Crippen molar-refractivity contribution in [1.29, 1.82) is 0 Å². The number of quaternary nitrogens is 1. The van der Waals surface area contributed by atoms with Gasteiger partial charge >= 0.3 is 0 Å². The summed E-state index contributed by atoms with van der Waals surface area (Å²) in [7, 11) is -1.84. The third kappa shape index (κ3) is 20.7. The number of phosphoric ester groups is 1. The molecule has 0 aliphatic carbocycles. The molecule has 0 radical (unpaired) electrons. The van der Waals surface area contributed by atoms with Gasteiger partial charge in [-0.25, -0.2) is 0 Å². The molecule has 7 nitrogen and oxygen atoms in total. The number of unbranched alkanes of at least 4 members (excludes halogenated alkanes) is 15. The van der Waals surface area contributed by atoms with Crippen LogP contribution in [0, 0.1) is 5.92 Å². The number of rotatable bonds is 24. The van der Waals surface area contributed by atoms with Gasteiger partial charge < -0.3 is 29.4 Å². The summed E-state index contributed by atoms with van der Waals surface area (Å²) < 4.78 is 23.5. The summed E-state index contributed by atoms with van der Waals surface area (Å²) in [5.41, 5.74) is 1.38. The van der Waals surface area contributed by atoms with E-state index < -0.39 is 7.82 Å². The summed E-state index contributed by atoms with van der Waals surface area (Å²) in [4.78, 5) is 12.1. The van der Waals surface area contributed by atoms with E-state index in [1.807, 2.05) is 0 Å². The second kappa shape index (κ2) is 24.6. The van der Waals surface area contributed by atoms with Crippen LogP contribution in [0.5, 0.6) is 0 Å². The van der Waals surface area contributed by atoms with Crippen molar-refractivity contribution in [3.63, 3.8) is 0 Å². The third-order valence-electron chi connectivity index (χ3n) is 8.58. The van der Waals surface area contributed by atoms with Crippen LogP contribution < -0.4 is 4.89 Å². The number of phosphoric acid groups is 1. The molecule has 0 aromatic heterocycles. The van der Waals surface area contributed by atoms with E-state index in [0.717, 1.165) is 62.6 Å². The Bertz CT molecular complexity index is 757. The number of nitrogens with zero attached hydrogens (tertiary/aromatic N) is 1. The Kier molecular flexibility index (Phi) is 24.2. The molecule has 1 fully saturated rings. The zero-order chi connectivity index (χ0) is 28.1. The lowest BCUT2D eigenvalue weighted by Crippen LogP contribution is -2.49. The minimum absolute atomic E-state index is 0. The van der Waals surface area contributed by atoms with Gasteiger partial charge in [-0.15, -0.1) is 0 Å². The predicted molar refractivity (Wildman–Crippen MR) is 170 cm³/mol. The molecule has 1 atom stereocenters. The van der Waals surface area contributed by atoms with Crippen LogP contribution in [-0.2, 0) is 20.2 Å². The molecular formula is C33H64NO6P. The van der Waals surface area contributed by atoms with Crippen LogP contribution in [0.15, 0.2) is 30.3 Å². The van der Waals surface area contributed by atoms with Crippen LogP contribution in [0.2, 0.25) is 0 Å². The van der Waals surface area contributed by atoms with Gasteiger partial charge in [0, 0.05) is 5.56 Å². The smallest absolute Gasteiger partial charge is 0.267 e. The fourth-order valence-corrected chi connectivity index (χ4v) is 6.67. The van der Waals surface area contributed by atoms with Crippen molar-refractivity contribution < 1.29 is 33.9 Å². The molecule has 4 N–H and O–H groups in total. The van der Waals surface area contributed by atoms with Crippen LogP contribution in [-0.4, -0.2) is 48.8 Å². The van der Waals surface area contributed by atoms with Crippen molar-refractivity contribution in [3.8, 4) is 0 Å². The van der Waals surface area contributed by atoms with Crippen LogP contribution in [0.4, 0.5) is 0 Å². The van der Waals surface area contributed by atoms with Gasteiger partial charge in [0.1, 0.15) is 6.54 Å². The summed E-state index contributed by atoms with van der Waals surface area (Å²) >= 11 is 0. The van der Waals surface area contributed by atoms with E-state index in [4.69, 9.17) is 9.05 Å². The Morgan fingerprint density at radius 3 is 1.66 bits per heavy atom. The Labute approximate surface area is 252 Å². The van der Waals surface area contributed by atoms with Gasteiger partial charge in [-0.1, -0.05) is 134 Å². The lowest BCUT2D eigenvalue weighted by molar-refractivity contribution is -0.928. The second-order valence-electron chi connectivity index (χ2n) is 12.4. The van der Waals surface area contributed by atoms with Gasteiger partial charge in [-0.05, 0) is 31.6 Å². The maximum Gasteiger partial charge on any atom is 0.267 e. The minimum atomic E-state index is -4.18. The van der Waals surface area contributed by atoms with Gasteiger partial charge in [-0.3, -0.25) is 4.57 Å². The summed E-state index contributed by atoms with van der Waals surface area (Å²) in [6.07, 6.45) is 23.9. The number of likely N-dealkylation sites (tertiary alicyclic amines) is 1. The molecule has 0 saturated carbocycles. The van der Waals surface area contributed by atoms with E-state index in [2.05, 4.69) is 44.3 Å². The van der Waals surface area contributed by atoms with Gasteiger partial charge in [-0.2, -0.15) is 0 Å². The zero-order valence-corrected chi connectivity index (χ0v) is 27.4. The van der Waals surface area contributed by atoms with Crippen molar-refractivity contribution in [1.82, 2.24) is 0 Å². The quantitative estimate of drug-likeness (QED) is 0.0690. The normalized spacial score (nSPS) is 20.1. The Morgan fingerprint density at radius 1 is 0.732 bits per heavy atom.